The molecule has 0 atom stereocenters. The van der Waals surface area contributed by atoms with Gasteiger partial charge in [0, 0.05) is 10.6 Å². The van der Waals surface area contributed by atoms with Crippen molar-refractivity contribution in [2.45, 2.75) is 0 Å². The third-order valence-electron chi connectivity index (χ3n) is 3.05. The standard InChI is InChI=1S/C18H10ClNO3/c19-14-9-6-12(7-10-14)8-11-15-20-17(21)16(18(22)23-15)13-4-2-1-3-5-13/h1-7,9-10,21H. The Kier molecular flexibility index (Phi) is 4.13. The van der Waals surface area contributed by atoms with E-state index in [9.17, 15) is 9.90 Å². The number of rotatable bonds is 1. The van der Waals surface area contributed by atoms with Crippen LogP contribution in [0.3, 0.4) is 0 Å². The van der Waals surface area contributed by atoms with Crippen molar-refractivity contribution in [2.75, 3.05) is 0 Å². The topological polar surface area (TPSA) is 63.3 Å². The van der Waals surface area contributed by atoms with Gasteiger partial charge in [-0.3, -0.25) is 0 Å². The number of hydrogen-bond donors (Lipinski definition) is 1. The summed E-state index contributed by atoms with van der Waals surface area (Å²) in [7, 11) is 0. The molecule has 0 aliphatic carbocycles. The zero-order valence-electron chi connectivity index (χ0n) is 11.8. The van der Waals surface area contributed by atoms with Crippen molar-refractivity contribution in [3.63, 3.8) is 0 Å². The fraction of sp³-hybridized carbons (Fsp3) is 0. The van der Waals surface area contributed by atoms with Gasteiger partial charge >= 0.3 is 5.63 Å². The van der Waals surface area contributed by atoms with E-state index in [1.165, 1.54) is 0 Å². The van der Waals surface area contributed by atoms with E-state index in [1.54, 1.807) is 48.5 Å². The summed E-state index contributed by atoms with van der Waals surface area (Å²) in [6.07, 6.45) is 0. The Morgan fingerprint density at radius 3 is 2.35 bits per heavy atom. The molecule has 0 unspecified atom stereocenters. The first-order valence-corrected chi connectivity index (χ1v) is 7.08. The van der Waals surface area contributed by atoms with Crippen LogP contribution in [0, 0.1) is 11.8 Å². The summed E-state index contributed by atoms with van der Waals surface area (Å²) in [5, 5.41) is 10.6. The van der Waals surface area contributed by atoms with E-state index in [1.807, 2.05) is 6.07 Å². The van der Waals surface area contributed by atoms with Crippen molar-refractivity contribution in [2.24, 2.45) is 0 Å². The largest absolute Gasteiger partial charge is 0.493 e. The van der Waals surface area contributed by atoms with Gasteiger partial charge in [-0.15, -0.1) is 0 Å². The molecule has 0 saturated heterocycles. The molecule has 0 radical (unpaired) electrons. The summed E-state index contributed by atoms with van der Waals surface area (Å²) in [5.74, 6) is 4.84. The van der Waals surface area contributed by atoms with E-state index >= 15 is 0 Å². The highest BCUT2D eigenvalue weighted by Gasteiger charge is 2.13. The van der Waals surface area contributed by atoms with Gasteiger partial charge in [0.1, 0.15) is 5.56 Å². The average Bonchev–Trinajstić information content (AvgIpc) is 2.55. The molecule has 0 fully saturated rings. The van der Waals surface area contributed by atoms with Gasteiger partial charge in [-0.25, -0.2) is 4.79 Å². The Labute approximate surface area is 137 Å². The Hall–Kier alpha value is -3.03. The van der Waals surface area contributed by atoms with Crippen LogP contribution in [0.4, 0.5) is 0 Å². The summed E-state index contributed by atoms with van der Waals surface area (Å²) in [6, 6.07) is 15.5. The van der Waals surface area contributed by atoms with E-state index in [0.717, 1.165) is 0 Å². The van der Waals surface area contributed by atoms with Gasteiger partial charge in [-0.2, -0.15) is 4.98 Å². The highest BCUT2D eigenvalue weighted by molar-refractivity contribution is 6.30. The average molecular weight is 324 g/mol. The third-order valence-corrected chi connectivity index (χ3v) is 3.30. The first kappa shape index (κ1) is 14.9. The molecule has 1 N–H and O–H groups in total. The van der Waals surface area contributed by atoms with E-state index in [4.69, 9.17) is 16.0 Å². The maximum Gasteiger partial charge on any atom is 0.351 e. The van der Waals surface area contributed by atoms with Crippen molar-refractivity contribution >= 4 is 11.6 Å². The summed E-state index contributed by atoms with van der Waals surface area (Å²) < 4.78 is 5.06. The Bertz CT molecular complexity index is 952. The minimum absolute atomic E-state index is 0.0163. The van der Waals surface area contributed by atoms with Crippen molar-refractivity contribution in [3.8, 4) is 28.8 Å². The molecule has 4 nitrogen and oxygen atoms in total. The van der Waals surface area contributed by atoms with E-state index < -0.39 is 11.5 Å². The lowest BCUT2D eigenvalue weighted by molar-refractivity contribution is 0.412. The number of benzene rings is 2. The number of hydrogen-bond acceptors (Lipinski definition) is 4. The molecule has 1 heterocycles. The number of nitrogens with zero attached hydrogens (tertiary/aromatic N) is 1. The van der Waals surface area contributed by atoms with Crippen molar-refractivity contribution < 1.29 is 9.52 Å². The van der Waals surface area contributed by atoms with Crippen LogP contribution in [-0.4, -0.2) is 10.1 Å². The van der Waals surface area contributed by atoms with Gasteiger partial charge in [0.25, 0.3) is 5.89 Å². The predicted molar refractivity (Wildman–Crippen MR) is 87.3 cm³/mol. The SMILES string of the molecule is O=c1oc(C#Cc2ccc(Cl)cc2)nc(O)c1-c1ccccc1. The molecule has 3 rings (SSSR count). The fourth-order valence-corrected chi connectivity index (χ4v) is 2.10. The summed E-state index contributed by atoms with van der Waals surface area (Å²) >= 11 is 5.79. The Morgan fingerprint density at radius 1 is 1.00 bits per heavy atom. The Balaban J connectivity index is 1.98. The van der Waals surface area contributed by atoms with Crippen LogP contribution >= 0.6 is 11.6 Å². The monoisotopic (exact) mass is 323 g/mol. The van der Waals surface area contributed by atoms with Gasteiger partial charge in [0.15, 0.2) is 0 Å². The molecular weight excluding hydrogens is 314 g/mol. The highest BCUT2D eigenvalue weighted by Crippen LogP contribution is 2.23. The molecule has 1 aromatic heterocycles. The molecule has 2 aromatic carbocycles. The van der Waals surface area contributed by atoms with Gasteiger partial charge in [0.05, 0.1) is 0 Å². The molecule has 0 bridgehead atoms. The second kappa shape index (κ2) is 6.39. The van der Waals surface area contributed by atoms with Crippen LogP contribution in [0.5, 0.6) is 5.88 Å². The van der Waals surface area contributed by atoms with Crippen molar-refractivity contribution in [3.05, 3.63) is 81.5 Å². The molecule has 0 aliphatic rings. The summed E-state index contributed by atoms with van der Waals surface area (Å²) in [4.78, 5) is 15.9. The van der Waals surface area contributed by atoms with Crippen molar-refractivity contribution in [1.82, 2.24) is 4.98 Å². The highest BCUT2D eigenvalue weighted by atomic mass is 35.5. The van der Waals surface area contributed by atoms with Crippen molar-refractivity contribution in [1.29, 1.82) is 0 Å². The zero-order chi connectivity index (χ0) is 16.2. The summed E-state index contributed by atoms with van der Waals surface area (Å²) in [5.41, 5.74) is 0.542. The molecule has 0 spiro atoms. The van der Waals surface area contributed by atoms with Crippen LogP contribution < -0.4 is 5.63 Å². The van der Waals surface area contributed by atoms with Gasteiger partial charge in [-0.1, -0.05) is 47.9 Å². The second-order valence-corrected chi connectivity index (χ2v) is 5.06. The van der Waals surface area contributed by atoms with Gasteiger partial charge in [-0.05, 0) is 35.7 Å². The molecule has 23 heavy (non-hydrogen) atoms. The smallest absolute Gasteiger partial charge is 0.351 e. The number of aromatic nitrogens is 1. The van der Waals surface area contributed by atoms with Crippen LogP contribution in [0.2, 0.25) is 5.02 Å². The first-order chi connectivity index (χ1) is 11.1. The zero-order valence-corrected chi connectivity index (χ0v) is 12.5. The van der Waals surface area contributed by atoms with Gasteiger partial charge in [0.2, 0.25) is 5.88 Å². The van der Waals surface area contributed by atoms with Crippen LogP contribution in [-0.2, 0) is 0 Å². The Morgan fingerprint density at radius 2 is 1.70 bits per heavy atom. The lowest BCUT2D eigenvalue weighted by Gasteiger charge is -2.01. The molecule has 0 saturated carbocycles. The predicted octanol–water partition coefficient (Wildman–Crippen LogP) is 3.46. The second-order valence-electron chi connectivity index (χ2n) is 4.63. The maximum absolute atomic E-state index is 12.1. The first-order valence-electron chi connectivity index (χ1n) is 6.70. The van der Waals surface area contributed by atoms with E-state index in [0.29, 0.717) is 16.1 Å². The lowest BCUT2D eigenvalue weighted by Crippen LogP contribution is -2.06. The molecule has 5 heteroatoms. The van der Waals surface area contributed by atoms with Crippen LogP contribution in [0.1, 0.15) is 11.5 Å². The van der Waals surface area contributed by atoms with Crippen LogP contribution in [0.25, 0.3) is 11.1 Å². The van der Waals surface area contributed by atoms with Gasteiger partial charge < -0.3 is 9.52 Å². The minimum Gasteiger partial charge on any atom is -0.493 e. The quantitative estimate of drug-likeness (QED) is 0.697. The molecule has 112 valence electrons. The lowest BCUT2D eigenvalue weighted by atomic mass is 10.1. The van der Waals surface area contributed by atoms with Crippen LogP contribution in [0.15, 0.2) is 63.8 Å². The molecule has 0 aliphatic heterocycles. The molecule has 3 aromatic rings. The molecular formula is C18H10ClNO3. The fourth-order valence-electron chi connectivity index (χ4n) is 1.97. The number of halogens is 1. The summed E-state index contributed by atoms with van der Waals surface area (Å²) in [6.45, 7) is 0. The third kappa shape index (κ3) is 3.42. The minimum atomic E-state index is -0.691. The number of aromatic hydroxyl groups is 1. The normalized spacial score (nSPS) is 9.96. The molecule has 0 amide bonds. The van der Waals surface area contributed by atoms with E-state index in [2.05, 4.69) is 16.8 Å². The maximum atomic E-state index is 12.1. The van der Waals surface area contributed by atoms with E-state index in [-0.39, 0.29) is 11.5 Å².